The van der Waals surface area contributed by atoms with Gasteiger partial charge in [0.2, 0.25) is 0 Å². The zero-order valence-electron chi connectivity index (χ0n) is 12.9. The van der Waals surface area contributed by atoms with Crippen LogP contribution in [-0.4, -0.2) is 36.6 Å². The number of nitriles is 1. The molecule has 0 fully saturated rings. The Morgan fingerprint density at radius 3 is 2.22 bits per heavy atom. The van der Waals surface area contributed by atoms with Gasteiger partial charge < -0.3 is 4.90 Å². The Hall–Kier alpha value is -0.590. The molecule has 1 N–H and O–H groups in total. The van der Waals surface area contributed by atoms with E-state index in [4.69, 9.17) is 0 Å². The standard InChI is InChI=1S/C15H31N3/c1-6-14(7-2)18(5)12-10-11-15(8-3,13-16)17-9-4/h14,17H,6-12H2,1-5H3. The molecule has 0 saturated carbocycles. The lowest BCUT2D eigenvalue weighted by molar-refractivity contribution is 0.217. The van der Waals surface area contributed by atoms with Crippen LogP contribution < -0.4 is 5.32 Å². The van der Waals surface area contributed by atoms with Gasteiger partial charge in [-0.15, -0.1) is 0 Å². The van der Waals surface area contributed by atoms with Crippen LogP contribution in [0.1, 0.15) is 59.8 Å². The lowest BCUT2D eigenvalue weighted by atomic mass is 9.91. The van der Waals surface area contributed by atoms with Crippen LogP contribution in [0.25, 0.3) is 0 Å². The Morgan fingerprint density at radius 2 is 1.83 bits per heavy atom. The quantitative estimate of drug-likeness (QED) is 0.650. The Morgan fingerprint density at radius 1 is 1.22 bits per heavy atom. The zero-order valence-corrected chi connectivity index (χ0v) is 12.9. The largest absolute Gasteiger partial charge is 0.303 e. The summed E-state index contributed by atoms with van der Waals surface area (Å²) in [5.74, 6) is 0. The summed E-state index contributed by atoms with van der Waals surface area (Å²) in [5, 5.41) is 12.7. The van der Waals surface area contributed by atoms with Gasteiger partial charge in [0, 0.05) is 6.04 Å². The normalized spacial score (nSPS) is 14.8. The van der Waals surface area contributed by atoms with Crippen LogP contribution >= 0.6 is 0 Å². The Kier molecular flexibility index (Phi) is 9.05. The molecule has 0 aliphatic rings. The Bertz CT molecular complexity index is 243. The van der Waals surface area contributed by atoms with Gasteiger partial charge in [0.25, 0.3) is 0 Å². The summed E-state index contributed by atoms with van der Waals surface area (Å²) in [4.78, 5) is 2.43. The Balaban J connectivity index is 4.18. The number of nitrogens with one attached hydrogen (secondary N) is 1. The fourth-order valence-electron chi connectivity index (χ4n) is 2.63. The number of hydrogen-bond acceptors (Lipinski definition) is 3. The first-order valence-electron chi connectivity index (χ1n) is 7.45. The van der Waals surface area contributed by atoms with Gasteiger partial charge in [-0.3, -0.25) is 5.32 Å². The molecular formula is C15H31N3. The summed E-state index contributed by atoms with van der Waals surface area (Å²) in [5.41, 5.74) is -0.316. The molecule has 0 amide bonds. The molecule has 106 valence electrons. The smallest absolute Gasteiger partial charge is 0.106 e. The first-order chi connectivity index (χ1) is 8.59. The second kappa shape index (κ2) is 9.35. The molecule has 0 radical (unpaired) electrons. The van der Waals surface area contributed by atoms with Crippen molar-refractivity contribution < 1.29 is 0 Å². The lowest BCUT2D eigenvalue weighted by Gasteiger charge is -2.29. The van der Waals surface area contributed by atoms with Crippen LogP contribution in [0.2, 0.25) is 0 Å². The SMILES string of the molecule is CCNC(C#N)(CC)CCCN(C)C(CC)CC. The molecule has 0 aromatic rings. The van der Waals surface area contributed by atoms with Crippen LogP contribution in [0.3, 0.4) is 0 Å². The molecule has 0 aromatic heterocycles. The maximum Gasteiger partial charge on any atom is 0.106 e. The van der Waals surface area contributed by atoms with E-state index in [-0.39, 0.29) is 5.54 Å². The molecular weight excluding hydrogens is 222 g/mol. The van der Waals surface area contributed by atoms with Crippen LogP contribution in [0.4, 0.5) is 0 Å². The molecule has 0 aromatic carbocycles. The van der Waals surface area contributed by atoms with Crippen molar-refractivity contribution in [2.24, 2.45) is 0 Å². The highest BCUT2D eigenvalue weighted by Gasteiger charge is 2.26. The molecule has 3 nitrogen and oxygen atoms in total. The van der Waals surface area contributed by atoms with Gasteiger partial charge in [-0.2, -0.15) is 5.26 Å². The molecule has 1 atom stereocenters. The van der Waals surface area contributed by atoms with Crippen LogP contribution in [0.15, 0.2) is 0 Å². The maximum atomic E-state index is 9.35. The summed E-state index contributed by atoms with van der Waals surface area (Å²) in [6.07, 6.45) is 5.32. The third-order valence-electron chi connectivity index (χ3n) is 4.01. The van der Waals surface area contributed by atoms with Crippen molar-refractivity contribution in [3.63, 3.8) is 0 Å². The van der Waals surface area contributed by atoms with Crippen molar-refractivity contribution >= 4 is 0 Å². The van der Waals surface area contributed by atoms with E-state index in [1.807, 2.05) is 0 Å². The molecule has 0 aliphatic heterocycles. The van der Waals surface area contributed by atoms with E-state index >= 15 is 0 Å². The highest BCUT2D eigenvalue weighted by Crippen LogP contribution is 2.17. The molecule has 0 saturated heterocycles. The van der Waals surface area contributed by atoms with Crippen molar-refractivity contribution in [2.45, 2.75) is 71.4 Å². The van der Waals surface area contributed by atoms with Gasteiger partial charge in [-0.25, -0.2) is 0 Å². The van der Waals surface area contributed by atoms with E-state index in [1.165, 1.54) is 12.8 Å². The van der Waals surface area contributed by atoms with Crippen LogP contribution in [0.5, 0.6) is 0 Å². The van der Waals surface area contributed by atoms with Crippen molar-refractivity contribution in [1.29, 1.82) is 5.26 Å². The minimum Gasteiger partial charge on any atom is -0.303 e. The predicted molar refractivity (Wildman–Crippen MR) is 78.5 cm³/mol. The van der Waals surface area contributed by atoms with Crippen molar-refractivity contribution in [2.75, 3.05) is 20.1 Å². The van der Waals surface area contributed by atoms with Crippen molar-refractivity contribution in [3.8, 4) is 6.07 Å². The van der Waals surface area contributed by atoms with E-state index in [2.05, 4.69) is 51.0 Å². The first-order valence-corrected chi connectivity index (χ1v) is 7.45. The van der Waals surface area contributed by atoms with E-state index in [0.29, 0.717) is 6.04 Å². The first kappa shape index (κ1) is 17.4. The summed E-state index contributed by atoms with van der Waals surface area (Å²) < 4.78 is 0. The number of rotatable bonds is 10. The van der Waals surface area contributed by atoms with Gasteiger partial charge in [-0.05, 0) is 52.2 Å². The summed E-state index contributed by atoms with van der Waals surface area (Å²) in [6.45, 7) is 10.6. The molecule has 0 aliphatic carbocycles. The topological polar surface area (TPSA) is 39.1 Å². The second-order valence-electron chi connectivity index (χ2n) is 5.13. The van der Waals surface area contributed by atoms with E-state index in [1.54, 1.807) is 0 Å². The van der Waals surface area contributed by atoms with E-state index in [0.717, 1.165) is 32.4 Å². The minimum atomic E-state index is -0.316. The molecule has 18 heavy (non-hydrogen) atoms. The molecule has 1 unspecified atom stereocenters. The van der Waals surface area contributed by atoms with Gasteiger partial charge in [0.1, 0.15) is 5.54 Å². The average molecular weight is 253 g/mol. The fourth-order valence-corrected chi connectivity index (χ4v) is 2.63. The molecule has 0 rings (SSSR count). The molecule has 0 heterocycles. The summed E-state index contributed by atoms with van der Waals surface area (Å²) in [6, 6.07) is 3.15. The third kappa shape index (κ3) is 5.37. The average Bonchev–Trinajstić information content (AvgIpc) is 2.39. The number of nitrogens with zero attached hydrogens (tertiary/aromatic N) is 2. The minimum absolute atomic E-state index is 0.316. The van der Waals surface area contributed by atoms with Crippen LogP contribution in [-0.2, 0) is 0 Å². The second-order valence-corrected chi connectivity index (χ2v) is 5.13. The monoisotopic (exact) mass is 253 g/mol. The highest BCUT2D eigenvalue weighted by atomic mass is 15.1. The lowest BCUT2D eigenvalue weighted by Crippen LogP contribution is -2.44. The van der Waals surface area contributed by atoms with Gasteiger partial charge >= 0.3 is 0 Å². The van der Waals surface area contributed by atoms with Gasteiger partial charge in [0.15, 0.2) is 0 Å². The van der Waals surface area contributed by atoms with Crippen molar-refractivity contribution in [1.82, 2.24) is 10.2 Å². The Labute approximate surface area is 114 Å². The summed E-state index contributed by atoms with van der Waals surface area (Å²) >= 11 is 0. The van der Waals surface area contributed by atoms with E-state index in [9.17, 15) is 5.26 Å². The van der Waals surface area contributed by atoms with Gasteiger partial charge in [0.05, 0.1) is 6.07 Å². The summed E-state index contributed by atoms with van der Waals surface area (Å²) in [7, 11) is 2.20. The van der Waals surface area contributed by atoms with E-state index < -0.39 is 0 Å². The predicted octanol–water partition coefficient (Wildman–Crippen LogP) is 3.17. The molecule has 0 bridgehead atoms. The molecule has 3 heteroatoms. The third-order valence-corrected chi connectivity index (χ3v) is 4.01. The van der Waals surface area contributed by atoms with Gasteiger partial charge in [-0.1, -0.05) is 27.7 Å². The fraction of sp³-hybridized carbons (Fsp3) is 0.933. The highest BCUT2D eigenvalue weighted by molar-refractivity contribution is 5.06. The molecule has 0 spiro atoms. The van der Waals surface area contributed by atoms with Crippen molar-refractivity contribution in [3.05, 3.63) is 0 Å². The zero-order chi connectivity index (χ0) is 14.0. The number of hydrogen-bond donors (Lipinski definition) is 1. The maximum absolute atomic E-state index is 9.35. The van der Waals surface area contributed by atoms with Crippen LogP contribution in [0, 0.1) is 11.3 Å².